The van der Waals surface area contributed by atoms with Crippen LogP contribution in [0.3, 0.4) is 0 Å². The zero-order valence-corrected chi connectivity index (χ0v) is 12.5. The van der Waals surface area contributed by atoms with Crippen molar-refractivity contribution < 1.29 is 9.59 Å². The van der Waals surface area contributed by atoms with Crippen LogP contribution in [0.4, 0.5) is 0 Å². The molecule has 0 radical (unpaired) electrons. The van der Waals surface area contributed by atoms with Crippen molar-refractivity contribution in [1.29, 1.82) is 0 Å². The van der Waals surface area contributed by atoms with Gasteiger partial charge >= 0.3 is 0 Å². The lowest BCUT2D eigenvalue weighted by Crippen LogP contribution is -2.10. The van der Waals surface area contributed by atoms with Crippen LogP contribution in [0.5, 0.6) is 0 Å². The van der Waals surface area contributed by atoms with Crippen LogP contribution < -0.4 is 0 Å². The monoisotopic (exact) mass is 254 g/mol. The van der Waals surface area contributed by atoms with Crippen LogP contribution in [0.25, 0.3) is 0 Å². The molecule has 0 aromatic rings. The van der Waals surface area contributed by atoms with Gasteiger partial charge in [-0.15, -0.1) is 0 Å². The zero-order chi connectivity index (χ0) is 13.8. The molecule has 0 aromatic carbocycles. The molecule has 0 aliphatic carbocycles. The molecule has 1 atom stereocenters. The minimum Gasteiger partial charge on any atom is -0.300 e. The molecule has 0 aromatic heterocycles. The maximum atomic E-state index is 11.8. The Kier molecular flexibility index (Phi) is 11.0. The first kappa shape index (κ1) is 17.3. The molecular formula is C16H30O2. The molecule has 0 spiro atoms. The van der Waals surface area contributed by atoms with Gasteiger partial charge in [0.1, 0.15) is 11.6 Å². The Morgan fingerprint density at radius 1 is 0.889 bits per heavy atom. The summed E-state index contributed by atoms with van der Waals surface area (Å²) < 4.78 is 0. The van der Waals surface area contributed by atoms with Gasteiger partial charge in [-0.25, -0.2) is 0 Å². The van der Waals surface area contributed by atoms with Gasteiger partial charge in [0.15, 0.2) is 0 Å². The Labute approximate surface area is 113 Å². The summed E-state index contributed by atoms with van der Waals surface area (Å²) in [6, 6.07) is 0. The first-order valence-electron chi connectivity index (χ1n) is 7.60. The molecule has 106 valence electrons. The van der Waals surface area contributed by atoms with E-state index in [1.807, 2.05) is 0 Å². The van der Waals surface area contributed by atoms with Gasteiger partial charge in [-0.05, 0) is 26.2 Å². The molecule has 0 bridgehead atoms. The minimum absolute atomic E-state index is 0.231. The van der Waals surface area contributed by atoms with Crippen LogP contribution in [0, 0.1) is 5.92 Å². The molecule has 1 unspecified atom stereocenters. The van der Waals surface area contributed by atoms with Crippen molar-refractivity contribution in [2.24, 2.45) is 5.92 Å². The van der Waals surface area contributed by atoms with E-state index in [1.165, 1.54) is 12.8 Å². The van der Waals surface area contributed by atoms with Crippen molar-refractivity contribution in [3.63, 3.8) is 0 Å². The Morgan fingerprint density at radius 3 is 2.11 bits per heavy atom. The van der Waals surface area contributed by atoms with Gasteiger partial charge in [-0.2, -0.15) is 0 Å². The Hall–Kier alpha value is -0.660. The van der Waals surface area contributed by atoms with Crippen molar-refractivity contribution in [2.45, 2.75) is 85.0 Å². The molecular weight excluding hydrogens is 224 g/mol. The number of hydrogen-bond donors (Lipinski definition) is 0. The second-order valence-corrected chi connectivity index (χ2v) is 5.48. The molecule has 2 nitrogen and oxygen atoms in total. The quantitative estimate of drug-likeness (QED) is 0.473. The van der Waals surface area contributed by atoms with E-state index in [0.29, 0.717) is 12.2 Å². The summed E-state index contributed by atoms with van der Waals surface area (Å²) in [6.45, 7) is 5.87. The summed E-state index contributed by atoms with van der Waals surface area (Å²) in [4.78, 5) is 22.5. The number of unbranched alkanes of at least 4 members (excludes halogenated alkanes) is 5. The lowest BCUT2D eigenvalue weighted by atomic mass is 9.95. The number of hydrogen-bond acceptors (Lipinski definition) is 2. The maximum absolute atomic E-state index is 11.8. The Balaban J connectivity index is 3.43. The third kappa shape index (κ3) is 10.5. The van der Waals surface area contributed by atoms with Gasteiger partial charge in [-0.1, -0.05) is 46.0 Å². The van der Waals surface area contributed by atoms with Crippen LogP contribution in [0.2, 0.25) is 0 Å². The third-order valence-electron chi connectivity index (χ3n) is 3.49. The van der Waals surface area contributed by atoms with Crippen LogP contribution in [-0.4, -0.2) is 11.6 Å². The van der Waals surface area contributed by atoms with Crippen molar-refractivity contribution in [2.75, 3.05) is 0 Å². The number of carbonyl (C=O) groups excluding carboxylic acids is 2. The van der Waals surface area contributed by atoms with Gasteiger partial charge in [0.25, 0.3) is 0 Å². The molecule has 0 amide bonds. The molecule has 0 aliphatic rings. The smallest absolute Gasteiger partial charge is 0.135 e. The second kappa shape index (κ2) is 11.4. The standard InChI is InChI=1S/C16H30O2/c1-4-5-8-13-16(18)14(2)11-9-6-7-10-12-15(3)17/h14H,4-13H2,1-3H3. The Bertz CT molecular complexity index is 233. The molecule has 0 fully saturated rings. The van der Waals surface area contributed by atoms with Crippen LogP contribution in [0.15, 0.2) is 0 Å². The molecule has 0 heterocycles. The first-order chi connectivity index (χ1) is 8.57. The van der Waals surface area contributed by atoms with Crippen molar-refractivity contribution in [1.82, 2.24) is 0 Å². The van der Waals surface area contributed by atoms with Gasteiger partial charge < -0.3 is 4.79 Å². The lowest BCUT2D eigenvalue weighted by molar-refractivity contribution is -0.122. The van der Waals surface area contributed by atoms with Crippen LogP contribution in [0.1, 0.15) is 85.0 Å². The summed E-state index contributed by atoms with van der Waals surface area (Å²) in [6.07, 6.45) is 10.3. The maximum Gasteiger partial charge on any atom is 0.135 e. The SMILES string of the molecule is CCCCCC(=O)C(C)CCCCCCC(C)=O. The van der Waals surface area contributed by atoms with Gasteiger partial charge in [-0.3, -0.25) is 4.79 Å². The van der Waals surface area contributed by atoms with E-state index in [-0.39, 0.29) is 11.7 Å². The fourth-order valence-corrected chi connectivity index (χ4v) is 2.13. The highest BCUT2D eigenvalue weighted by molar-refractivity contribution is 5.80. The summed E-state index contributed by atoms with van der Waals surface area (Å²) in [5.41, 5.74) is 0. The number of Topliss-reactive ketones (excluding diaryl/α,β-unsaturated/α-hetero) is 2. The number of carbonyl (C=O) groups is 2. The van der Waals surface area contributed by atoms with E-state index < -0.39 is 0 Å². The predicted octanol–water partition coefficient (Wildman–Crippen LogP) is 4.70. The summed E-state index contributed by atoms with van der Waals surface area (Å²) in [7, 11) is 0. The van der Waals surface area contributed by atoms with E-state index in [4.69, 9.17) is 0 Å². The molecule has 0 N–H and O–H groups in total. The Morgan fingerprint density at radius 2 is 1.50 bits per heavy atom. The normalized spacial score (nSPS) is 12.4. The highest BCUT2D eigenvalue weighted by Crippen LogP contribution is 2.15. The second-order valence-electron chi connectivity index (χ2n) is 5.48. The molecule has 0 rings (SSSR count). The fraction of sp³-hybridized carbons (Fsp3) is 0.875. The topological polar surface area (TPSA) is 34.1 Å². The van der Waals surface area contributed by atoms with E-state index >= 15 is 0 Å². The van der Waals surface area contributed by atoms with E-state index in [2.05, 4.69) is 13.8 Å². The largest absolute Gasteiger partial charge is 0.300 e. The number of rotatable bonds is 12. The number of ketones is 2. The molecule has 2 heteroatoms. The molecule has 18 heavy (non-hydrogen) atoms. The van der Waals surface area contributed by atoms with Crippen LogP contribution in [-0.2, 0) is 9.59 Å². The highest BCUT2D eigenvalue weighted by atomic mass is 16.1. The summed E-state index contributed by atoms with van der Waals surface area (Å²) in [5.74, 6) is 0.955. The van der Waals surface area contributed by atoms with E-state index in [1.54, 1.807) is 6.92 Å². The van der Waals surface area contributed by atoms with Gasteiger partial charge in [0, 0.05) is 18.8 Å². The van der Waals surface area contributed by atoms with E-state index in [0.717, 1.165) is 44.9 Å². The summed E-state index contributed by atoms with van der Waals surface area (Å²) in [5, 5.41) is 0. The predicted molar refractivity (Wildman–Crippen MR) is 76.7 cm³/mol. The van der Waals surface area contributed by atoms with Crippen LogP contribution >= 0.6 is 0 Å². The molecule has 0 aliphatic heterocycles. The lowest BCUT2D eigenvalue weighted by Gasteiger charge is -2.09. The van der Waals surface area contributed by atoms with Crippen molar-refractivity contribution in [3.05, 3.63) is 0 Å². The van der Waals surface area contributed by atoms with Crippen molar-refractivity contribution in [3.8, 4) is 0 Å². The average molecular weight is 254 g/mol. The van der Waals surface area contributed by atoms with Gasteiger partial charge in [0.05, 0.1) is 0 Å². The highest BCUT2D eigenvalue weighted by Gasteiger charge is 2.11. The average Bonchev–Trinajstić information content (AvgIpc) is 2.33. The zero-order valence-electron chi connectivity index (χ0n) is 12.5. The van der Waals surface area contributed by atoms with Gasteiger partial charge in [0.2, 0.25) is 0 Å². The van der Waals surface area contributed by atoms with E-state index in [9.17, 15) is 9.59 Å². The first-order valence-corrected chi connectivity index (χ1v) is 7.60. The third-order valence-corrected chi connectivity index (χ3v) is 3.49. The van der Waals surface area contributed by atoms with Crippen molar-refractivity contribution >= 4 is 11.6 Å². The molecule has 0 saturated carbocycles. The summed E-state index contributed by atoms with van der Waals surface area (Å²) >= 11 is 0. The minimum atomic E-state index is 0.231. The molecule has 0 saturated heterocycles. The fourth-order valence-electron chi connectivity index (χ4n) is 2.13.